The van der Waals surface area contributed by atoms with E-state index >= 15 is 0 Å². The number of ether oxygens (including phenoxy) is 2. The first-order valence-corrected chi connectivity index (χ1v) is 12.9. The number of carbonyl (C=O) groups excluding carboxylic acids is 3. The molecule has 10 heteroatoms. The number of fused-ring (bicyclic) bond motifs is 2. The van der Waals surface area contributed by atoms with Crippen LogP contribution >= 0.6 is 0 Å². The molecule has 0 unspecified atom stereocenters. The van der Waals surface area contributed by atoms with Gasteiger partial charge >= 0.3 is 17.6 Å². The lowest BCUT2D eigenvalue weighted by Gasteiger charge is -2.37. The SMILES string of the molecule is CCN(CCCC(=O)OCOC(C)=O)C(=O)C(C#N)=Cc1cc2cc3c4c(c2oc1=O)CCCN4CCC3. The normalized spacial score (nSPS) is 14.4. The van der Waals surface area contributed by atoms with Crippen LogP contribution in [0.3, 0.4) is 0 Å². The maximum Gasteiger partial charge on any atom is 0.343 e. The topological polar surface area (TPSA) is 130 Å². The van der Waals surface area contributed by atoms with Crippen LogP contribution in [0, 0.1) is 11.3 Å². The fraction of sp³-hybridized carbons (Fsp3) is 0.464. The molecule has 1 aromatic carbocycles. The van der Waals surface area contributed by atoms with Gasteiger partial charge < -0.3 is 23.7 Å². The molecule has 0 N–H and O–H groups in total. The minimum atomic E-state index is -0.597. The highest BCUT2D eigenvalue weighted by Gasteiger charge is 2.27. The third-order valence-corrected chi connectivity index (χ3v) is 6.85. The minimum absolute atomic E-state index is 0.00892. The summed E-state index contributed by atoms with van der Waals surface area (Å²) in [5.41, 5.74) is 3.44. The molecule has 0 radical (unpaired) electrons. The van der Waals surface area contributed by atoms with E-state index in [0.29, 0.717) is 18.5 Å². The highest BCUT2D eigenvalue weighted by atomic mass is 16.7. The number of aryl methyl sites for hydroxylation is 2. The molecular formula is C28H31N3O7. The van der Waals surface area contributed by atoms with Crippen molar-refractivity contribution in [2.45, 2.75) is 52.4 Å². The van der Waals surface area contributed by atoms with Crippen LogP contribution < -0.4 is 10.5 Å². The molecule has 10 nitrogen and oxygen atoms in total. The van der Waals surface area contributed by atoms with Gasteiger partial charge in [-0.15, -0.1) is 0 Å². The molecule has 200 valence electrons. The van der Waals surface area contributed by atoms with Crippen LogP contribution in [0.15, 0.2) is 26.9 Å². The number of likely N-dealkylation sites (N-methyl/N-ethyl adjacent to an activating group) is 1. The van der Waals surface area contributed by atoms with Gasteiger partial charge in [0.2, 0.25) is 6.79 Å². The van der Waals surface area contributed by atoms with Crippen molar-refractivity contribution in [3.05, 3.63) is 44.8 Å². The summed E-state index contributed by atoms with van der Waals surface area (Å²) in [7, 11) is 0. The number of amides is 1. The molecule has 3 heterocycles. The molecule has 0 spiro atoms. The van der Waals surface area contributed by atoms with E-state index in [-0.39, 0.29) is 24.1 Å². The highest BCUT2D eigenvalue weighted by Crippen LogP contribution is 2.39. The summed E-state index contributed by atoms with van der Waals surface area (Å²) in [6.45, 7) is 5.03. The molecule has 0 bridgehead atoms. The van der Waals surface area contributed by atoms with Gasteiger partial charge in [-0.1, -0.05) is 0 Å². The van der Waals surface area contributed by atoms with Gasteiger partial charge in [0.05, 0.1) is 5.56 Å². The molecule has 1 amide bonds. The molecule has 2 aliphatic heterocycles. The van der Waals surface area contributed by atoms with E-state index in [1.165, 1.54) is 29.2 Å². The third kappa shape index (κ3) is 5.88. The number of rotatable bonds is 9. The molecule has 2 aliphatic rings. The number of anilines is 1. The summed E-state index contributed by atoms with van der Waals surface area (Å²) in [6, 6.07) is 5.66. The summed E-state index contributed by atoms with van der Waals surface area (Å²) in [6.07, 6.45) is 5.46. The Labute approximate surface area is 220 Å². The van der Waals surface area contributed by atoms with Crippen LogP contribution in [-0.4, -0.2) is 55.7 Å². The van der Waals surface area contributed by atoms with E-state index in [1.807, 2.05) is 6.07 Å². The number of hydrogen-bond donors (Lipinski definition) is 0. The number of esters is 2. The lowest BCUT2D eigenvalue weighted by Crippen LogP contribution is -2.34. The van der Waals surface area contributed by atoms with Crippen molar-refractivity contribution < 1.29 is 28.3 Å². The van der Waals surface area contributed by atoms with Crippen molar-refractivity contribution in [2.24, 2.45) is 0 Å². The minimum Gasteiger partial charge on any atom is -0.428 e. The van der Waals surface area contributed by atoms with Crippen molar-refractivity contribution in [1.29, 1.82) is 5.26 Å². The standard InChI is InChI=1S/C28H31N3O7/c1-3-30(10-6-9-24(33)37-17-36-18(2)32)27(34)22(16-29)15-21-14-20-13-19-7-4-11-31-12-5-8-23(25(19)31)26(20)38-28(21)35/h13-15H,3-12,17H2,1-2H3. The van der Waals surface area contributed by atoms with Crippen molar-refractivity contribution in [3.63, 3.8) is 0 Å². The fourth-order valence-electron chi connectivity index (χ4n) is 5.10. The Bertz CT molecular complexity index is 1380. The second kappa shape index (κ2) is 11.9. The Balaban J connectivity index is 1.51. The zero-order valence-electron chi connectivity index (χ0n) is 21.7. The number of hydrogen-bond acceptors (Lipinski definition) is 9. The van der Waals surface area contributed by atoms with Gasteiger partial charge in [-0.05, 0) is 62.8 Å². The molecule has 2 aromatic rings. The smallest absolute Gasteiger partial charge is 0.343 e. The summed E-state index contributed by atoms with van der Waals surface area (Å²) in [4.78, 5) is 52.3. The fourth-order valence-corrected chi connectivity index (χ4v) is 5.10. The van der Waals surface area contributed by atoms with Crippen LogP contribution in [0.4, 0.5) is 5.69 Å². The first-order valence-electron chi connectivity index (χ1n) is 12.9. The van der Waals surface area contributed by atoms with Gasteiger partial charge in [-0.2, -0.15) is 5.26 Å². The molecular weight excluding hydrogens is 490 g/mol. The van der Waals surface area contributed by atoms with Crippen LogP contribution in [-0.2, 0) is 36.7 Å². The summed E-state index contributed by atoms with van der Waals surface area (Å²) >= 11 is 0. The molecule has 0 saturated carbocycles. The zero-order chi connectivity index (χ0) is 27.2. The highest BCUT2D eigenvalue weighted by molar-refractivity contribution is 6.02. The second-order valence-electron chi connectivity index (χ2n) is 9.39. The van der Waals surface area contributed by atoms with E-state index in [1.54, 1.807) is 13.0 Å². The summed E-state index contributed by atoms with van der Waals surface area (Å²) in [5, 5.41) is 10.5. The van der Waals surface area contributed by atoms with E-state index in [2.05, 4.69) is 15.7 Å². The molecule has 0 aliphatic carbocycles. The molecule has 38 heavy (non-hydrogen) atoms. The van der Waals surface area contributed by atoms with Gasteiger partial charge in [-0.25, -0.2) is 4.79 Å². The Morgan fingerprint density at radius 2 is 1.95 bits per heavy atom. The molecule has 0 saturated heterocycles. The van der Waals surface area contributed by atoms with Gasteiger partial charge in [0, 0.05) is 56.2 Å². The molecule has 0 atom stereocenters. The summed E-state index contributed by atoms with van der Waals surface area (Å²) < 4.78 is 15.1. The Morgan fingerprint density at radius 1 is 1.18 bits per heavy atom. The first kappa shape index (κ1) is 26.9. The molecule has 0 fully saturated rings. The zero-order valence-corrected chi connectivity index (χ0v) is 21.7. The number of nitrogens with zero attached hydrogens (tertiary/aromatic N) is 3. The van der Waals surface area contributed by atoms with Crippen LogP contribution in [0.1, 0.15) is 56.2 Å². The third-order valence-electron chi connectivity index (χ3n) is 6.85. The Kier molecular flexibility index (Phi) is 8.46. The molecule has 4 rings (SSSR count). The van der Waals surface area contributed by atoms with Crippen molar-refractivity contribution >= 4 is 40.6 Å². The van der Waals surface area contributed by atoms with Crippen molar-refractivity contribution in [2.75, 3.05) is 37.9 Å². The predicted molar refractivity (Wildman–Crippen MR) is 139 cm³/mol. The van der Waals surface area contributed by atoms with E-state index in [4.69, 9.17) is 9.15 Å². The Morgan fingerprint density at radius 3 is 2.66 bits per heavy atom. The van der Waals surface area contributed by atoms with E-state index in [0.717, 1.165) is 49.7 Å². The first-order chi connectivity index (χ1) is 18.3. The Hall–Kier alpha value is -4.13. The summed E-state index contributed by atoms with van der Waals surface area (Å²) in [5.74, 6) is -1.67. The van der Waals surface area contributed by atoms with Gasteiger partial charge in [0.1, 0.15) is 17.2 Å². The quantitative estimate of drug-likeness (QED) is 0.161. The lowest BCUT2D eigenvalue weighted by molar-refractivity contribution is -0.165. The predicted octanol–water partition coefficient (Wildman–Crippen LogP) is 3.09. The second-order valence-corrected chi connectivity index (χ2v) is 9.39. The number of carbonyl (C=O) groups is 3. The monoisotopic (exact) mass is 521 g/mol. The largest absolute Gasteiger partial charge is 0.428 e. The van der Waals surface area contributed by atoms with Crippen LogP contribution in [0.25, 0.3) is 17.0 Å². The van der Waals surface area contributed by atoms with Crippen LogP contribution in [0.5, 0.6) is 0 Å². The van der Waals surface area contributed by atoms with E-state index < -0.39 is 30.3 Å². The van der Waals surface area contributed by atoms with E-state index in [9.17, 15) is 24.4 Å². The molecule has 1 aromatic heterocycles. The lowest BCUT2D eigenvalue weighted by atomic mass is 9.90. The number of benzene rings is 1. The number of nitriles is 1. The van der Waals surface area contributed by atoms with Crippen molar-refractivity contribution in [1.82, 2.24) is 4.90 Å². The van der Waals surface area contributed by atoms with Crippen molar-refractivity contribution in [3.8, 4) is 6.07 Å². The van der Waals surface area contributed by atoms with Crippen LogP contribution in [0.2, 0.25) is 0 Å². The average Bonchev–Trinajstić information content (AvgIpc) is 2.90. The van der Waals surface area contributed by atoms with Gasteiger partial charge in [0.15, 0.2) is 0 Å². The van der Waals surface area contributed by atoms with Gasteiger partial charge in [0.25, 0.3) is 5.91 Å². The average molecular weight is 522 g/mol. The maximum atomic E-state index is 13.1. The van der Waals surface area contributed by atoms with Gasteiger partial charge in [-0.3, -0.25) is 14.4 Å². The maximum absolute atomic E-state index is 13.1.